The Balaban J connectivity index is 2.01. The second-order valence-corrected chi connectivity index (χ2v) is 5.70. The van der Waals surface area contributed by atoms with Gasteiger partial charge in [-0.15, -0.1) is 0 Å². The van der Waals surface area contributed by atoms with Crippen LogP contribution in [-0.2, 0) is 13.1 Å². The number of hydrogen-bond donors (Lipinski definition) is 2. The quantitative estimate of drug-likeness (QED) is 0.534. The Morgan fingerprint density at radius 3 is 2.69 bits per heavy atom. The van der Waals surface area contributed by atoms with Crippen molar-refractivity contribution in [1.82, 2.24) is 15.6 Å². The summed E-state index contributed by atoms with van der Waals surface area (Å²) >= 11 is 0. The van der Waals surface area contributed by atoms with E-state index in [2.05, 4.69) is 27.5 Å². The van der Waals surface area contributed by atoms with E-state index in [-0.39, 0.29) is 0 Å². The molecule has 2 aromatic rings. The lowest BCUT2D eigenvalue weighted by molar-refractivity contribution is 0.294. The van der Waals surface area contributed by atoms with E-state index in [1.165, 1.54) is 0 Å². The summed E-state index contributed by atoms with van der Waals surface area (Å²) in [7, 11) is 1.65. The molecule has 0 spiro atoms. The van der Waals surface area contributed by atoms with E-state index in [0.29, 0.717) is 19.7 Å². The predicted octanol–water partition coefficient (Wildman–Crippen LogP) is 3.13. The lowest BCUT2D eigenvalue weighted by Gasteiger charge is -2.12. The van der Waals surface area contributed by atoms with Gasteiger partial charge in [-0.25, -0.2) is 4.99 Å². The lowest BCUT2D eigenvalue weighted by Crippen LogP contribution is -2.37. The molecule has 0 aliphatic heterocycles. The average molecular weight is 356 g/mol. The van der Waals surface area contributed by atoms with Crippen LogP contribution in [0, 0.1) is 0 Å². The maximum Gasteiger partial charge on any atom is 0.191 e. The molecule has 0 aliphatic rings. The van der Waals surface area contributed by atoms with Crippen molar-refractivity contribution in [3.8, 4) is 11.5 Å². The van der Waals surface area contributed by atoms with E-state index in [9.17, 15) is 0 Å². The third-order valence-electron chi connectivity index (χ3n) is 3.62. The van der Waals surface area contributed by atoms with Crippen LogP contribution in [0.1, 0.15) is 31.5 Å². The smallest absolute Gasteiger partial charge is 0.191 e. The maximum absolute atomic E-state index is 5.69. The van der Waals surface area contributed by atoms with Crippen molar-refractivity contribution >= 4 is 5.96 Å². The van der Waals surface area contributed by atoms with Crippen molar-refractivity contribution in [2.24, 2.45) is 4.99 Å². The number of nitrogens with zero attached hydrogens (tertiary/aromatic N) is 2. The van der Waals surface area contributed by atoms with Crippen LogP contribution in [0.2, 0.25) is 0 Å². The Labute approximate surface area is 155 Å². The highest BCUT2D eigenvalue weighted by Gasteiger charge is 2.06. The summed E-state index contributed by atoms with van der Waals surface area (Å²) < 4.78 is 11.1. The van der Waals surface area contributed by atoms with Crippen LogP contribution in [0.15, 0.2) is 47.6 Å². The number of ether oxygens (including phenoxy) is 2. The highest BCUT2D eigenvalue weighted by molar-refractivity contribution is 5.79. The van der Waals surface area contributed by atoms with Crippen LogP contribution in [-0.4, -0.2) is 31.2 Å². The fraction of sp³-hybridized carbons (Fsp3) is 0.400. The molecule has 0 aliphatic carbocycles. The molecule has 2 N–H and O–H groups in total. The first kappa shape index (κ1) is 19.6. The van der Waals surface area contributed by atoms with Gasteiger partial charge in [0, 0.05) is 12.7 Å². The molecule has 0 radical (unpaired) electrons. The molecule has 0 amide bonds. The van der Waals surface area contributed by atoms with E-state index < -0.39 is 0 Å². The van der Waals surface area contributed by atoms with Crippen molar-refractivity contribution in [3.63, 3.8) is 0 Å². The molecular weight excluding hydrogens is 328 g/mol. The third-order valence-corrected chi connectivity index (χ3v) is 3.62. The summed E-state index contributed by atoms with van der Waals surface area (Å²) in [6.45, 7) is 6.76. The molecule has 1 aromatic carbocycles. The van der Waals surface area contributed by atoms with Crippen molar-refractivity contribution in [3.05, 3.63) is 53.9 Å². The van der Waals surface area contributed by atoms with Crippen LogP contribution in [0.4, 0.5) is 0 Å². The fourth-order valence-corrected chi connectivity index (χ4v) is 2.33. The lowest BCUT2D eigenvalue weighted by atomic mass is 10.2. The molecule has 0 bridgehead atoms. The minimum Gasteiger partial charge on any atom is -0.493 e. The van der Waals surface area contributed by atoms with Crippen molar-refractivity contribution in [1.29, 1.82) is 0 Å². The van der Waals surface area contributed by atoms with Gasteiger partial charge in [-0.2, -0.15) is 0 Å². The van der Waals surface area contributed by atoms with Gasteiger partial charge < -0.3 is 20.1 Å². The first-order valence-electron chi connectivity index (χ1n) is 8.98. The highest BCUT2D eigenvalue weighted by Crippen LogP contribution is 2.28. The number of benzene rings is 1. The van der Waals surface area contributed by atoms with E-state index >= 15 is 0 Å². The molecule has 0 atom stereocenters. The number of pyridine rings is 1. The number of aromatic nitrogens is 1. The summed E-state index contributed by atoms with van der Waals surface area (Å²) in [6.07, 6.45) is 2.75. The van der Waals surface area contributed by atoms with Crippen LogP contribution >= 0.6 is 0 Å². The minimum absolute atomic E-state index is 0.544. The third kappa shape index (κ3) is 6.27. The summed E-state index contributed by atoms with van der Waals surface area (Å²) in [5, 5.41) is 6.54. The van der Waals surface area contributed by atoms with Crippen LogP contribution in [0.3, 0.4) is 0 Å². The molecular formula is C20H28N4O2. The second kappa shape index (κ2) is 11.0. The van der Waals surface area contributed by atoms with Gasteiger partial charge in [-0.05, 0) is 43.2 Å². The molecule has 140 valence electrons. The van der Waals surface area contributed by atoms with Gasteiger partial charge >= 0.3 is 0 Å². The molecule has 0 saturated heterocycles. The van der Waals surface area contributed by atoms with Crippen LogP contribution in [0.5, 0.6) is 11.5 Å². The number of guanidine groups is 1. The fourth-order valence-electron chi connectivity index (χ4n) is 2.33. The van der Waals surface area contributed by atoms with Crippen molar-refractivity contribution < 1.29 is 9.47 Å². The first-order valence-corrected chi connectivity index (χ1v) is 8.98. The number of nitrogens with one attached hydrogen (secondary N) is 2. The molecule has 26 heavy (non-hydrogen) atoms. The Morgan fingerprint density at radius 2 is 2.00 bits per heavy atom. The summed E-state index contributed by atoms with van der Waals surface area (Å²) in [5.74, 6) is 2.25. The molecule has 0 saturated carbocycles. The topological polar surface area (TPSA) is 67.8 Å². The zero-order chi connectivity index (χ0) is 18.6. The highest BCUT2D eigenvalue weighted by atomic mass is 16.5. The maximum atomic E-state index is 5.69. The molecule has 6 nitrogen and oxygen atoms in total. The summed E-state index contributed by atoms with van der Waals surface area (Å²) in [4.78, 5) is 8.95. The standard InChI is InChI=1S/C20H28N4O2/c1-4-12-26-18-10-9-16(13-19(18)25-3)14-23-20(21-5-2)24-15-17-8-6-7-11-22-17/h6-11,13H,4-5,12,14-15H2,1-3H3,(H2,21,23,24). The molecule has 6 heteroatoms. The van der Waals surface area contributed by atoms with Gasteiger partial charge in [0.2, 0.25) is 0 Å². The monoisotopic (exact) mass is 356 g/mol. The molecule has 2 rings (SSSR count). The van der Waals surface area contributed by atoms with Crippen LogP contribution in [0.25, 0.3) is 0 Å². The molecule has 0 fully saturated rings. The van der Waals surface area contributed by atoms with Gasteiger partial charge in [0.1, 0.15) is 0 Å². The second-order valence-electron chi connectivity index (χ2n) is 5.70. The first-order chi connectivity index (χ1) is 12.8. The average Bonchev–Trinajstić information content (AvgIpc) is 2.69. The summed E-state index contributed by atoms with van der Waals surface area (Å²) in [6, 6.07) is 11.8. The normalized spacial score (nSPS) is 11.1. The van der Waals surface area contributed by atoms with Crippen molar-refractivity contribution in [2.45, 2.75) is 33.4 Å². The minimum atomic E-state index is 0.544. The Bertz CT molecular complexity index is 689. The number of hydrogen-bond acceptors (Lipinski definition) is 4. The van der Waals surface area contributed by atoms with Gasteiger partial charge in [-0.3, -0.25) is 4.98 Å². The molecule has 1 heterocycles. The number of methoxy groups -OCH3 is 1. The van der Waals surface area contributed by atoms with E-state index in [1.807, 2.05) is 43.3 Å². The van der Waals surface area contributed by atoms with Crippen LogP contribution < -0.4 is 20.1 Å². The van der Waals surface area contributed by atoms with E-state index in [1.54, 1.807) is 13.3 Å². The largest absolute Gasteiger partial charge is 0.493 e. The predicted molar refractivity (Wildman–Crippen MR) is 105 cm³/mol. The molecule has 1 aromatic heterocycles. The van der Waals surface area contributed by atoms with E-state index in [4.69, 9.17) is 9.47 Å². The van der Waals surface area contributed by atoms with Gasteiger partial charge in [0.15, 0.2) is 17.5 Å². The Kier molecular flexibility index (Phi) is 8.26. The summed E-state index contributed by atoms with van der Waals surface area (Å²) in [5.41, 5.74) is 2.03. The van der Waals surface area contributed by atoms with Gasteiger partial charge in [0.25, 0.3) is 0 Å². The zero-order valence-corrected chi connectivity index (χ0v) is 15.8. The number of aliphatic imine (C=N–C) groups is 1. The Morgan fingerprint density at radius 1 is 1.12 bits per heavy atom. The SMILES string of the molecule is CCCOc1ccc(CN=C(NCC)NCc2ccccn2)cc1OC. The molecule has 0 unspecified atom stereocenters. The Hall–Kier alpha value is -2.76. The number of rotatable bonds is 9. The zero-order valence-electron chi connectivity index (χ0n) is 15.8. The van der Waals surface area contributed by atoms with E-state index in [0.717, 1.165) is 41.7 Å². The van der Waals surface area contributed by atoms with Crippen molar-refractivity contribution in [2.75, 3.05) is 20.3 Å². The van der Waals surface area contributed by atoms with Gasteiger partial charge in [-0.1, -0.05) is 19.1 Å². The van der Waals surface area contributed by atoms with Gasteiger partial charge in [0.05, 0.1) is 32.5 Å².